The zero-order valence-electron chi connectivity index (χ0n) is 16.7. The third-order valence-corrected chi connectivity index (χ3v) is 5.19. The lowest BCUT2D eigenvalue weighted by atomic mass is 10.1. The molecule has 0 spiro atoms. The molecule has 2 aromatic carbocycles. The summed E-state index contributed by atoms with van der Waals surface area (Å²) in [5.74, 6) is 1.26. The minimum atomic E-state index is -0.101. The van der Waals surface area contributed by atoms with Crippen molar-refractivity contribution in [1.82, 2.24) is 14.5 Å². The first-order valence-corrected chi connectivity index (χ1v) is 9.92. The molecule has 2 heterocycles. The van der Waals surface area contributed by atoms with Crippen LogP contribution in [-0.2, 0) is 13.5 Å². The van der Waals surface area contributed by atoms with Gasteiger partial charge in [-0.25, -0.2) is 4.98 Å². The number of ether oxygens (including phenoxy) is 1. The summed E-state index contributed by atoms with van der Waals surface area (Å²) in [7, 11) is 3.34. The maximum absolute atomic E-state index is 12.5. The molecule has 6 nitrogen and oxygen atoms in total. The van der Waals surface area contributed by atoms with Gasteiger partial charge in [-0.1, -0.05) is 35.9 Å². The fraction of sp³-hybridized carbons (Fsp3) is 0.174. The van der Waals surface area contributed by atoms with Crippen LogP contribution in [0.4, 0.5) is 5.95 Å². The normalized spacial score (nSPS) is 10.9. The molecule has 30 heavy (non-hydrogen) atoms. The highest BCUT2D eigenvalue weighted by molar-refractivity contribution is 6.31. The molecule has 1 N–H and O–H groups in total. The molecule has 2 aromatic heterocycles. The van der Waals surface area contributed by atoms with Gasteiger partial charge in [0, 0.05) is 24.2 Å². The molecule has 0 unspecified atom stereocenters. The fourth-order valence-corrected chi connectivity index (χ4v) is 3.40. The van der Waals surface area contributed by atoms with Gasteiger partial charge in [-0.3, -0.25) is 14.3 Å². The van der Waals surface area contributed by atoms with Crippen molar-refractivity contribution in [3.05, 3.63) is 81.7 Å². The number of aromatic nitrogens is 3. The van der Waals surface area contributed by atoms with Crippen molar-refractivity contribution >= 4 is 28.5 Å². The number of hydrogen-bond donors (Lipinski definition) is 1. The first kappa shape index (κ1) is 19.9. The lowest BCUT2D eigenvalue weighted by molar-refractivity contribution is 0.413. The summed E-state index contributed by atoms with van der Waals surface area (Å²) in [6, 6.07) is 17.2. The maximum atomic E-state index is 12.5. The molecule has 152 valence electrons. The van der Waals surface area contributed by atoms with Gasteiger partial charge in [0.2, 0.25) is 5.95 Å². The van der Waals surface area contributed by atoms with Gasteiger partial charge in [0.15, 0.2) is 0 Å². The monoisotopic (exact) mass is 420 g/mol. The van der Waals surface area contributed by atoms with Crippen molar-refractivity contribution < 1.29 is 4.74 Å². The Hall–Kier alpha value is -3.38. The van der Waals surface area contributed by atoms with E-state index in [0.29, 0.717) is 28.4 Å². The standard InChI is InChI=1S/C23H21ClN4O2/c1-28-22(29)19-9-7-17(24)13-21(19)27-23(28)25-12-11-15-3-5-16(6-4-15)20-10-8-18(30-2)14-26-20/h3-10,13-14H,11-12H2,1-2H3,(H,25,27). The summed E-state index contributed by atoms with van der Waals surface area (Å²) >= 11 is 6.04. The lowest BCUT2D eigenvalue weighted by Gasteiger charge is -2.11. The Morgan fingerprint density at radius 1 is 1.10 bits per heavy atom. The van der Waals surface area contributed by atoms with Crippen LogP contribution in [0.2, 0.25) is 5.02 Å². The predicted molar refractivity (Wildman–Crippen MR) is 120 cm³/mol. The molecule has 7 heteroatoms. The van der Waals surface area contributed by atoms with E-state index in [2.05, 4.69) is 39.6 Å². The van der Waals surface area contributed by atoms with Crippen LogP contribution in [0, 0.1) is 0 Å². The van der Waals surface area contributed by atoms with E-state index in [9.17, 15) is 4.79 Å². The molecule has 0 bridgehead atoms. The van der Waals surface area contributed by atoms with Gasteiger partial charge < -0.3 is 10.1 Å². The summed E-state index contributed by atoms with van der Waals surface area (Å²) in [6.45, 7) is 0.645. The van der Waals surface area contributed by atoms with Crippen LogP contribution in [0.5, 0.6) is 5.75 Å². The Balaban J connectivity index is 1.44. The second-order valence-corrected chi connectivity index (χ2v) is 7.35. The van der Waals surface area contributed by atoms with Crippen molar-refractivity contribution in [2.75, 3.05) is 19.0 Å². The predicted octanol–water partition coefficient (Wildman–Crippen LogP) is 4.31. The zero-order chi connectivity index (χ0) is 21.1. The van der Waals surface area contributed by atoms with Gasteiger partial charge in [-0.15, -0.1) is 0 Å². The van der Waals surface area contributed by atoms with Crippen LogP contribution in [0.25, 0.3) is 22.2 Å². The number of anilines is 1. The third kappa shape index (κ3) is 4.14. The van der Waals surface area contributed by atoms with Crippen molar-refractivity contribution in [1.29, 1.82) is 0 Å². The molecule has 0 radical (unpaired) electrons. The van der Waals surface area contributed by atoms with Gasteiger partial charge in [-0.2, -0.15) is 0 Å². The average Bonchev–Trinajstić information content (AvgIpc) is 2.77. The van der Waals surface area contributed by atoms with E-state index in [1.807, 2.05) is 12.1 Å². The number of halogens is 1. The van der Waals surface area contributed by atoms with Crippen LogP contribution in [0.3, 0.4) is 0 Å². The topological polar surface area (TPSA) is 69.0 Å². The Morgan fingerprint density at radius 2 is 1.90 bits per heavy atom. The van der Waals surface area contributed by atoms with Gasteiger partial charge in [0.1, 0.15) is 5.75 Å². The van der Waals surface area contributed by atoms with Crippen LogP contribution in [0.1, 0.15) is 5.56 Å². The quantitative estimate of drug-likeness (QED) is 0.503. The minimum Gasteiger partial charge on any atom is -0.495 e. The molecule has 4 aromatic rings. The number of nitrogens with one attached hydrogen (secondary N) is 1. The molecular formula is C23H21ClN4O2. The van der Waals surface area contributed by atoms with Crippen LogP contribution in [-0.4, -0.2) is 28.2 Å². The molecule has 0 aliphatic rings. The summed E-state index contributed by atoms with van der Waals surface area (Å²) in [5.41, 5.74) is 3.60. The van der Waals surface area contributed by atoms with Crippen molar-refractivity contribution in [3.63, 3.8) is 0 Å². The molecule has 0 atom stereocenters. The van der Waals surface area contributed by atoms with E-state index in [4.69, 9.17) is 16.3 Å². The van der Waals surface area contributed by atoms with Crippen LogP contribution < -0.4 is 15.6 Å². The maximum Gasteiger partial charge on any atom is 0.262 e. The SMILES string of the molecule is COc1ccc(-c2ccc(CCNc3nc4cc(Cl)ccc4c(=O)n3C)cc2)nc1. The number of hydrogen-bond acceptors (Lipinski definition) is 5. The molecule has 0 saturated carbocycles. The van der Waals surface area contributed by atoms with E-state index in [0.717, 1.165) is 23.4 Å². The number of rotatable bonds is 6. The summed E-state index contributed by atoms with van der Waals surface area (Å²) in [5, 5.41) is 4.36. The zero-order valence-corrected chi connectivity index (χ0v) is 17.5. The Labute approximate surface area is 179 Å². The highest BCUT2D eigenvalue weighted by Crippen LogP contribution is 2.20. The average molecular weight is 421 g/mol. The highest BCUT2D eigenvalue weighted by Gasteiger charge is 2.08. The largest absolute Gasteiger partial charge is 0.495 e. The Morgan fingerprint density at radius 3 is 2.60 bits per heavy atom. The van der Waals surface area contributed by atoms with Gasteiger partial charge in [0.05, 0.1) is 29.9 Å². The molecule has 0 fully saturated rings. The minimum absolute atomic E-state index is 0.101. The summed E-state index contributed by atoms with van der Waals surface area (Å²) in [6.07, 6.45) is 2.50. The second-order valence-electron chi connectivity index (χ2n) is 6.92. The van der Waals surface area contributed by atoms with Gasteiger partial charge in [-0.05, 0) is 42.3 Å². The molecule has 0 saturated heterocycles. The van der Waals surface area contributed by atoms with E-state index in [-0.39, 0.29) is 5.56 Å². The first-order valence-electron chi connectivity index (χ1n) is 9.54. The summed E-state index contributed by atoms with van der Waals surface area (Å²) < 4.78 is 6.67. The number of nitrogens with zero attached hydrogens (tertiary/aromatic N) is 3. The summed E-state index contributed by atoms with van der Waals surface area (Å²) in [4.78, 5) is 21.5. The third-order valence-electron chi connectivity index (χ3n) is 4.96. The highest BCUT2D eigenvalue weighted by atomic mass is 35.5. The van der Waals surface area contributed by atoms with E-state index < -0.39 is 0 Å². The van der Waals surface area contributed by atoms with Crippen LogP contribution >= 0.6 is 11.6 Å². The molecule has 0 aliphatic heterocycles. The van der Waals surface area contributed by atoms with Crippen LogP contribution in [0.15, 0.2) is 65.6 Å². The van der Waals surface area contributed by atoms with Crippen molar-refractivity contribution in [2.45, 2.75) is 6.42 Å². The molecule has 0 aliphatic carbocycles. The van der Waals surface area contributed by atoms with Crippen molar-refractivity contribution in [3.8, 4) is 17.0 Å². The van der Waals surface area contributed by atoms with E-state index in [1.54, 1.807) is 38.6 Å². The molecule has 4 rings (SSSR count). The first-order chi connectivity index (χ1) is 14.5. The van der Waals surface area contributed by atoms with Gasteiger partial charge >= 0.3 is 0 Å². The van der Waals surface area contributed by atoms with Crippen molar-refractivity contribution in [2.24, 2.45) is 7.05 Å². The van der Waals surface area contributed by atoms with E-state index >= 15 is 0 Å². The Kier molecular flexibility index (Phi) is 5.68. The number of methoxy groups -OCH3 is 1. The fourth-order valence-electron chi connectivity index (χ4n) is 3.23. The second kappa shape index (κ2) is 8.55. The molecular weight excluding hydrogens is 400 g/mol. The number of benzene rings is 2. The van der Waals surface area contributed by atoms with E-state index in [1.165, 1.54) is 10.1 Å². The van der Waals surface area contributed by atoms with Gasteiger partial charge in [0.25, 0.3) is 5.56 Å². The smallest absolute Gasteiger partial charge is 0.262 e. The Bertz CT molecular complexity index is 1240. The lowest BCUT2D eigenvalue weighted by Crippen LogP contribution is -2.23. The number of fused-ring (bicyclic) bond motifs is 1. The molecule has 0 amide bonds. The number of pyridine rings is 1.